The summed E-state index contributed by atoms with van der Waals surface area (Å²) in [6.07, 6.45) is 9.06. The summed E-state index contributed by atoms with van der Waals surface area (Å²) in [6.45, 7) is 20.1. The van der Waals surface area contributed by atoms with Crippen LogP contribution in [0.25, 0.3) is 5.57 Å². The normalized spacial score (nSPS) is 13.8. The quantitative estimate of drug-likeness (QED) is 0.274. The summed E-state index contributed by atoms with van der Waals surface area (Å²) in [6, 6.07) is 4.55. The highest BCUT2D eigenvalue weighted by molar-refractivity contribution is 5.81. The van der Waals surface area contributed by atoms with Crippen LogP contribution in [-0.2, 0) is 15.6 Å². The maximum absolute atomic E-state index is 10.8. The van der Waals surface area contributed by atoms with Gasteiger partial charge >= 0.3 is 5.97 Å². The predicted octanol–water partition coefficient (Wildman–Crippen LogP) is 7.45. The van der Waals surface area contributed by atoms with Crippen LogP contribution in [0.4, 0.5) is 0 Å². The number of hydrogen-bond acceptors (Lipinski definition) is 2. The van der Waals surface area contributed by atoms with Gasteiger partial charge in [-0.05, 0) is 53.9 Å². The fourth-order valence-corrected chi connectivity index (χ4v) is 3.06. The monoisotopic (exact) mass is 412 g/mol. The zero-order chi connectivity index (χ0) is 23.1. The summed E-state index contributed by atoms with van der Waals surface area (Å²) in [7, 11) is 0. The average molecular weight is 413 g/mol. The van der Waals surface area contributed by atoms with Crippen molar-refractivity contribution in [2.75, 3.05) is 6.61 Å². The van der Waals surface area contributed by atoms with Gasteiger partial charge in [0, 0.05) is 17.2 Å². The zero-order valence-corrected chi connectivity index (χ0v) is 20.3. The molecule has 1 N–H and O–H groups in total. The molecule has 3 nitrogen and oxygen atoms in total. The number of carbonyl (C=O) groups is 1. The molecule has 0 saturated carbocycles. The van der Waals surface area contributed by atoms with E-state index >= 15 is 0 Å². The van der Waals surface area contributed by atoms with Gasteiger partial charge in [0.1, 0.15) is 5.75 Å². The highest BCUT2D eigenvalue weighted by atomic mass is 16.5. The van der Waals surface area contributed by atoms with Crippen LogP contribution in [0, 0.1) is 0 Å². The van der Waals surface area contributed by atoms with Crippen LogP contribution < -0.4 is 4.74 Å². The highest BCUT2D eigenvalue weighted by Crippen LogP contribution is 2.41. The first kappa shape index (κ1) is 25.7. The Labute approximate surface area is 183 Å². The minimum Gasteiger partial charge on any atom is -0.493 e. The summed E-state index contributed by atoms with van der Waals surface area (Å²) in [4.78, 5) is 10.8. The minimum absolute atomic E-state index is 0.0215. The highest BCUT2D eigenvalue weighted by Gasteiger charge is 2.26. The number of hydrogen-bond donors (Lipinski definition) is 1. The second kappa shape index (κ2) is 10.7. The van der Waals surface area contributed by atoms with Gasteiger partial charge in [-0.2, -0.15) is 0 Å². The molecule has 0 aliphatic rings. The van der Waals surface area contributed by atoms with E-state index in [9.17, 15) is 4.79 Å². The van der Waals surface area contributed by atoms with E-state index in [4.69, 9.17) is 9.84 Å². The van der Waals surface area contributed by atoms with Crippen LogP contribution in [0.2, 0.25) is 0 Å². The molecule has 0 fully saturated rings. The van der Waals surface area contributed by atoms with Crippen molar-refractivity contribution in [3.8, 4) is 5.75 Å². The molecule has 0 heterocycles. The first-order valence-corrected chi connectivity index (χ1v) is 10.9. The second-order valence-corrected chi connectivity index (χ2v) is 10.0. The van der Waals surface area contributed by atoms with E-state index in [0.717, 1.165) is 29.7 Å². The lowest BCUT2D eigenvalue weighted by Gasteiger charge is -2.29. The van der Waals surface area contributed by atoms with Crippen LogP contribution in [0.1, 0.15) is 91.8 Å². The fourth-order valence-electron chi connectivity index (χ4n) is 3.06. The molecule has 3 heteroatoms. The van der Waals surface area contributed by atoms with Gasteiger partial charge in [-0.15, -0.1) is 0 Å². The van der Waals surface area contributed by atoms with E-state index in [1.165, 1.54) is 17.2 Å². The first-order valence-electron chi connectivity index (χ1n) is 10.9. The lowest BCUT2D eigenvalue weighted by Crippen LogP contribution is -2.19. The summed E-state index contributed by atoms with van der Waals surface area (Å²) in [5.74, 6) is 0.0288. The Balaban J connectivity index is 3.59. The molecule has 0 aromatic heterocycles. The molecule has 1 aromatic carbocycles. The van der Waals surface area contributed by atoms with Crippen molar-refractivity contribution in [1.82, 2.24) is 0 Å². The fraction of sp³-hybridized carbons (Fsp3) is 0.519. The lowest BCUT2D eigenvalue weighted by atomic mass is 9.78. The number of aliphatic carboxylic acids is 1. The Morgan fingerprint density at radius 3 is 2.20 bits per heavy atom. The Kier molecular flexibility index (Phi) is 9.14. The zero-order valence-electron chi connectivity index (χ0n) is 20.3. The number of unbranched alkanes of at least 4 members (excludes halogenated alkanes) is 1. The smallest absolute Gasteiger partial charge is 0.328 e. The topological polar surface area (TPSA) is 46.5 Å². The van der Waals surface area contributed by atoms with Crippen molar-refractivity contribution in [2.24, 2.45) is 0 Å². The molecule has 30 heavy (non-hydrogen) atoms. The van der Waals surface area contributed by atoms with Crippen LogP contribution in [0.3, 0.4) is 0 Å². The molecule has 0 amide bonds. The standard InChI is InChI=1S/C27H40O3/c1-10-11-15-30-25-22(20(3)14-12-13-19(2)16-24(28)29)17-21(26(4,5)6)18-23(25)27(7,8)9/h12-14,16-18H,10-11,15H2,1-9H3,(H,28,29)/b13-12+,19-16+,20-14+. The number of rotatable bonds is 8. The van der Waals surface area contributed by atoms with Crippen molar-refractivity contribution in [2.45, 2.75) is 86.0 Å². The van der Waals surface area contributed by atoms with Gasteiger partial charge in [-0.1, -0.05) is 79.2 Å². The second-order valence-electron chi connectivity index (χ2n) is 10.0. The van der Waals surface area contributed by atoms with Crippen LogP contribution in [0.15, 0.2) is 42.0 Å². The Morgan fingerprint density at radius 1 is 1.07 bits per heavy atom. The first-order chi connectivity index (χ1) is 13.8. The van der Waals surface area contributed by atoms with Crippen molar-refractivity contribution >= 4 is 11.5 Å². The van der Waals surface area contributed by atoms with Crippen molar-refractivity contribution in [1.29, 1.82) is 0 Å². The van der Waals surface area contributed by atoms with Gasteiger partial charge in [0.25, 0.3) is 0 Å². The Bertz CT molecular complexity index is 825. The molecular formula is C27H40O3. The average Bonchev–Trinajstić information content (AvgIpc) is 2.59. The Morgan fingerprint density at radius 2 is 1.70 bits per heavy atom. The molecule has 166 valence electrons. The van der Waals surface area contributed by atoms with Crippen LogP contribution in [0.5, 0.6) is 5.75 Å². The van der Waals surface area contributed by atoms with E-state index in [1.54, 1.807) is 6.92 Å². The Hall–Kier alpha value is -2.29. The number of allylic oxidation sites excluding steroid dienone is 5. The molecule has 0 unspecified atom stereocenters. The predicted molar refractivity (Wildman–Crippen MR) is 128 cm³/mol. The van der Waals surface area contributed by atoms with Crippen molar-refractivity contribution < 1.29 is 14.6 Å². The SMILES string of the molecule is CCCCOc1c(/C(C)=C/C=C/C(C)=C/C(=O)O)cc(C(C)(C)C)cc1C(C)(C)C. The van der Waals surface area contributed by atoms with E-state index in [0.29, 0.717) is 12.2 Å². The van der Waals surface area contributed by atoms with E-state index < -0.39 is 5.97 Å². The third-order valence-electron chi connectivity index (χ3n) is 4.99. The molecule has 0 bridgehead atoms. The van der Waals surface area contributed by atoms with E-state index in [-0.39, 0.29) is 10.8 Å². The number of benzene rings is 1. The van der Waals surface area contributed by atoms with Gasteiger partial charge in [0.05, 0.1) is 6.61 Å². The summed E-state index contributed by atoms with van der Waals surface area (Å²) < 4.78 is 6.35. The largest absolute Gasteiger partial charge is 0.493 e. The maximum atomic E-state index is 10.8. The van der Waals surface area contributed by atoms with Crippen molar-refractivity contribution in [3.05, 3.63) is 58.7 Å². The molecule has 0 aliphatic carbocycles. The van der Waals surface area contributed by atoms with Gasteiger partial charge in [0.15, 0.2) is 0 Å². The van der Waals surface area contributed by atoms with E-state index in [1.807, 2.05) is 18.2 Å². The van der Waals surface area contributed by atoms with Crippen molar-refractivity contribution in [3.63, 3.8) is 0 Å². The lowest BCUT2D eigenvalue weighted by molar-refractivity contribution is -0.131. The van der Waals surface area contributed by atoms with Crippen LogP contribution >= 0.6 is 0 Å². The third-order valence-corrected chi connectivity index (χ3v) is 4.99. The van der Waals surface area contributed by atoms with Crippen LogP contribution in [-0.4, -0.2) is 17.7 Å². The number of ether oxygens (including phenoxy) is 1. The maximum Gasteiger partial charge on any atom is 0.328 e. The number of carboxylic acid groups (broad SMARTS) is 1. The molecule has 1 rings (SSSR count). The van der Waals surface area contributed by atoms with Gasteiger partial charge in [-0.3, -0.25) is 0 Å². The molecule has 0 atom stereocenters. The van der Waals surface area contributed by atoms with E-state index in [2.05, 4.69) is 67.5 Å². The van der Waals surface area contributed by atoms with Gasteiger partial charge < -0.3 is 9.84 Å². The minimum atomic E-state index is -0.933. The van der Waals surface area contributed by atoms with Gasteiger partial charge in [-0.25, -0.2) is 4.79 Å². The molecule has 0 aliphatic heterocycles. The summed E-state index contributed by atoms with van der Waals surface area (Å²) in [5.41, 5.74) is 5.38. The molecule has 0 saturated heterocycles. The third kappa shape index (κ3) is 7.85. The number of carboxylic acids is 1. The molecule has 0 radical (unpaired) electrons. The summed E-state index contributed by atoms with van der Waals surface area (Å²) in [5, 5.41) is 8.88. The van der Waals surface area contributed by atoms with Gasteiger partial charge in [0.2, 0.25) is 0 Å². The molecule has 1 aromatic rings. The molecular weight excluding hydrogens is 372 g/mol. The molecule has 0 spiro atoms. The summed E-state index contributed by atoms with van der Waals surface area (Å²) >= 11 is 0.